The Morgan fingerprint density at radius 2 is 2.06 bits per heavy atom. The summed E-state index contributed by atoms with van der Waals surface area (Å²) >= 11 is 0. The average molecular weight is 237 g/mol. The first-order chi connectivity index (χ1) is 7.89. The van der Waals surface area contributed by atoms with Crippen molar-refractivity contribution < 1.29 is 14.7 Å². The predicted octanol–water partition coefficient (Wildman–Crippen LogP) is 1.36. The van der Waals surface area contributed by atoms with Gasteiger partial charge in [-0.05, 0) is 45.5 Å². The molecule has 0 saturated carbocycles. The van der Waals surface area contributed by atoms with E-state index in [-0.39, 0.29) is 11.8 Å². The Morgan fingerprint density at radius 3 is 2.59 bits per heavy atom. The molecule has 1 heterocycles. The fraction of sp³-hybridized carbons (Fsp3) is 0.692. The number of carboxylic acid groups (broad SMARTS) is 1. The monoisotopic (exact) mass is 237 g/mol. The van der Waals surface area contributed by atoms with Gasteiger partial charge < -0.3 is 10.0 Å². The maximum Gasteiger partial charge on any atom is 0.309 e. The van der Waals surface area contributed by atoms with E-state index >= 15 is 0 Å². The van der Waals surface area contributed by atoms with Gasteiger partial charge in [0.25, 0.3) is 5.91 Å². The quantitative estimate of drug-likeness (QED) is 0.738. The highest BCUT2D eigenvalue weighted by Gasteiger charge is 2.39. The first kappa shape index (κ1) is 13.6. The minimum Gasteiger partial charge on any atom is -0.481 e. The number of rotatable bonds is 2. The Kier molecular flexibility index (Phi) is 4.17. The highest BCUT2D eigenvalue weighted by Crippen LogP contribution is 2.34. The molecule has 17 heavy (non-hydrogen) atoms. The second-order valence-electron chi connectivity index (χ2n) is 4.99. The molecular weight excluding hydrogens is 218 g/mol. The van der Waals surface area contributed by atoms with Crippen molar-refractivity contribution in [2.75, 3.05) is 13.1 Å². The van der Waals surface area contributed by atoms with Crippen LogP contribution in [0.25, 0.3) is 0 Å². The number of likely N-dealkylation sites (tertiary alicyclic amines) is 1. The van der Waals surface area contributed by atoms with Crippen LogP contribution in [0, 0.1) is 23.2 Å². The lowest BCUT2D eigenvalue weighted by Crippen LogP contribution is -2.46. The van der Waals surface area contributed by atoms with Crippen molar-refractivity contribution in [2.45, 2.75) is 33.6 Å². The lowest BCUT2D eigenvalue weighted by Gasteiger charge is -2.38. The van der Waals surface area contributed by atoms with Crippen LogP contribution >= 0.6 is 0 Å². The minimum atomic E-state index is -0.807. The molecule has 1 aliphatic rings. The van der Waals surface area contributed by atoms with Gasteiger partial charge in [-0.25, -0.2) is 0 Å². The third-order valence-corrected chi connectivity index (χ3v) is 3.51. The van der Waals surface area contributed by atoms with Gasteiger partial charge in [-0.1, -0.05) is 5.92 Å². The van der Waals surface area contributed by atoms with E-state index in [2.05, 4.69) is 11.8 Å². The molecule has 1 N–H and O–H groups in total. The molecule has 1 rings (SSSR count). The van der Waals surface area contributed by atoms with E-state index in [0.717, 1.165) is 12.8 Å². The lowest BCUT2D eigenvalue weighted by atomic mass is 9.74. The van der Waals surface area contributed by atoms with E-state index in [1.807, 2.05) is 0 Å². The zero-order chi connectivity index (χ0) is 13.1. The van der Waals surface area contributed by atoms with Crippen molar-refractivity contribution in [3.8, 4) is 11.8 Å². The molecular formula is C13H19NO3. The van der Waals surface area contributed by atoms with Gasteiger partial charge >= 0.3 is 5.97 Å². The first-order valence-electron chi connectivity index (χ1n) is 5.84. The van der Waals surface area contributed by atoms with Gasteiger partial charge in [-0.15, -0.1) is 0 Å². The van der Waals surface area contributed by atoms with Gasteiger partial charge in [0.05, 0.1) is 5.41 Å². The molecule has 4 heteroatoms. The number of carbonyl (C=O) groups excluding carboxylic acids is 1. The summed E-state index contributed by atoms with van der Waals surface area (Å²) in [4.78, 5) is 24.5. The van der Waals surface area contributed by atoms with Crippen LogP contribution in [0.15, 0.2) is 0 Å². The van der Waals surface area contributed by atoms with Crippen LogP contribution < -0.4 is 0 Å². The van der Waals surface area contributed by atoms with E-state index in [1.54, 1.807) is 25.7 Å². The molecule has 0 aromatic heterocycles. The molecule has 1 unspecified atom stereocenters. The van der Waals surface area contributed by atoms with Crippen molar-refractivity contribution in [3.63, 3.8) is 0 Å². The van der Waals surface area contributed by atoms with Crippen LogP contribution in [-0.2, 0) is 9.59 Å². The summed E-state index contributed by atoms with van der Waals surface area (Å²) in [6.45, 7) is 6.24. The molecule has 0 radical (unpaired) electrons. The highest BCUT2D eigenvalue weighted by atomic mass is 16.4. The topological polar surface area (TPSA) is 57.6 Å². The number of carbonyl (C=O) groups is 2. The summed E-state index contributed by atoms with van der Waals surface area (Å²) in [6.07, 6.45) is 1.70. The van der Waals surface area contributed by atoms with Crippen LogP contribution in [-0.4, -0.2) is 35.0 Å². The molecule has 0 bridgehead atoms. The van der Waals surface area contributed by atoms with Crippen molar-refractivity contribution in [1.82, 2.24) is 4.90 Å². The summed E-state index contributed by atoms with van der Waals surface area (Å²) in [5, 5.41) is 9.19. The number of aliphatic carboxylic acids is 1. The van der Waals surface area contributed by atoms with Gasteiger partial charge in [-0.3, -0.25) is 9.59 Å². The third-order valence-electron chi connectivity index (χ3n) is 3.51. The number of nitrogens with zero attached hydrogens (tertiary/aromatic N) is 1. The van der Waals surface area contributed by atoms with E-state index in [0.29, 0.717) is 13.1 Å². The Morgan fingerprint density at radius 1 is 1.41 bits per heavy atom. The Hall–Kier alpha value is -1.50. The number of amides is 1. The molecule has 4 nitrogen and oxygen atoms in total. The molecule has 1 saturated heterocycles. The van der Waals surface area contributed by atoms with Crippen molar-refractivity contribution in [1.29, 1.82) is 0 Å². The number of hydrogen-bond acceptors (Lipinski definition) is 2. The number of carboxylic acids is 1. The van der Waals surface area contributed by atoms with Crippen LogP contribution in [0.2, 0.25) is 0 Å². The van der Waals surface area contributed by atoms with E-state index in [4.69, 9.17) is 0 Å². The highest BCUT2D eigenvalue weighted by molar-refractivity contribution is 5.93. The normalized spacial score (nSPS) is 20.4. The lowest BCUT2D eigenvalue weighted by molar-refractivity contribution is -0.152. The average Bonchev–Trinajstić information content (AvgIpc) is 2.29. The van der Waals surface area contributed by atoms with E-state index in [9.17, 15) is 14.7 Å². The summed E-state index contributed by atoms with van der Waals surface area (Å²) in [5.41, 5.74) is -0.793. The molecule has 1 fully saturated rings. The summed E-state index contributed by atoms with van der Waals surface area (Å²) < 4.78 is 0. The minimum absolute atomic E-state index is 0.00337. The van der Waals surface area contributed by atoms with Crippen LogP contribution in [0.3, 0.4) is 0 Å². The maximum absolute atomic E-state index is 11.6. The van der Waals surface area contributed by atoms with Gasteiger partial charge in [0.2, 0.25) is 0 Å². The molecule has 94 valence electrons. The summed E-state index contributed by atoms with van der Waals surface area (Å²) in [7, 11) is 0. The zero-order valence-corrected chi connectivity index (χ0v) is 10.6. The molecule has 0 aromatic rings. The Bertz CT molecular complexity index is 376. The maximum atomic E-state index is 11.6. The van der Waals surface area contributed by atoms with E-state index < -0.39 is 11.4 Å². The fourth-order valence-electron chi connectivity index (χ4n) is 2.11. The molecule has 0 aliphatic carbocycles. The SMILES string of the molecule is CC#CC(=O)N1CCCC(C(C)(C)C(=O)O)C1. The smallest absolute Gasteiger partial charge is 0.309 e. The van der Waals surface area contributed by atoms with Gasteiger partial charge in [0, 0.05) is 13.1 Å². The molecule has 1 amide bonds. The van der Waals surface area contributed by atoms with Crippen molar-refractivity contribution in [3.05, 3.63) is 0 Å². The zero-order valence-electron chi connectivity index (χ0n) is 10.6. The van der Waals surface area contributed by atoms with Crippen molar-refractivity contribution in [2.24, 2.45) is 11.3 Å². The molecule has 1 atom stereocenters. The fourth-order valence-corrected chi connectivity index (χ4v) is 2.11. The largest absolute Gasteiger partial charge is 0.481 e. The molecule has 0 aromatic carbocycles. The molecule has 1 aliphatic heterocycles. The summed E-state index contributed by atoms with van der Waals surface area (Å²) in [6, 6.07) is 0. The van der Waals surface area contributed by atoms with Gasteiger partial charge in [0.15, 0.2) is 0 Å². The van der Waals surface area contributed by atoms with Crippen LogP contribution in [0.4, 0.5) is 0 Å². The van der Waals surface area contributed by atoms with E-state index in [1.165, 1.54) is 0 Å². The second-order valence-corrected chi connectivity index (χ2v) is 4.99. The molecule has 0 spiro atoms. The van der Waals surface area contributed by atoms with Crippen LogP contribution in [0.5, 0.6) is 0 Å². The Balaban J connectivity index is 2.75. The van der Waals surface area contributed by atoms with Gasteiger partial charge in [-0.2, -0.15) is 0 Å². The third kappa shape index (κ3) is 3.00. The standard InChI is InChI=1S/C13H19NO3/c1-4-6-11(15)14-8-5-7-10(9-14)13(2,3)12(16)17/h10H,5,7-9H2,1-3H3,(H,16,17). The van der Waals surface area contributed by atoms with Crippen molar-refractivity contribution >= 4 is 11.9 Å². The first-order valence-corrected chi connectivity index (χ1v) is 5.84. The number of piperidine rings is 1. The summed E-state index contributed by atoms with van der Waals surface area (Å²) in [5.74, 6) is 4.08. The van der Waals surface area contributed by atoms with Crippen LogP contribution in [0.1, 0.15) is 33.6 Å². The Labute approximate surface area is 102 Å². The van der Waals surface area contributed by atoms with Gasteiger partial charge in [0.1, 0.15) is 0 Å². The number of hydrogen-bond donors (Lipinski definition) is 1. The predicted molar refractivity (Wildman–Crippen MR) is 64.2 cm³/mol. The second kappa shape index (κ2) is 5.22.